The first-order chi connectivity index (χ1) is 16.3. The second kappa shape index (κ2) is 10.0. The van der Waals surface area contributed by atoms with E-state index in [0.717, 1.165) is 42.3 Å². The predicted octanol–water partition coefficient (Wildman–Crippen LogP) is 7.31. The van der Waals surface area contributed by atoms with Crippen LogP contribution in [0.15, 0.2) is 61.9 Å². The number of rotatable bonds is 6. The zero-order valence-corrected chi connectivity index (χ0v) is 22.2. The van der Waals surface area contributed by atoms with Crippen molar-refractivity contribution in [1.29, 1.82) is 0 Å². The Hall–Kier alpha value is -3.10. The molecule has 174 valence electrons. The number of hydrogen-bond donors (Lipinski definition) is 1. The Kier molecular flexibility index (Phi) is 7.09. The molecule has 0 atom stereocenters. The van der Waals surface area contributed by atoms with E-state index in [1.165, 1.54) is 6.08 Å². The summed E-state index contributed by atoms with van der Waals surface area (Å²) >= 11 is 6.92. The Bertz CT molecular complexity index is 1390. The van der Waals surface area contributed by atoms with E-state index < -0.39 is 0 Å². The number of hydrogen-bond acceptors (Lipinski definition) is 5. The largest absolute Gasteiger partial charge is 0.495 e. The molecule has 1 amide bonds. The van der Waals surface area contributed by atoms with E-state index in [1.807, 2.05) is 44.2 Å². The molecule has 0 fully saturated rings. The molecule has 8 heteroatoms. The van der Waals surface area contributed by atoms with E-state index in [2.05, 4.69) is 42.2 Å². The summed E-state index contributed by atoms with van der Waals surface area (Å²) in [5.41, 5.74) is 5.77. The van der Waals surface area contributed by atoms with Crippen LogP contribution >= 0.6 is 31.9 Å². The van der Waals surface area contributed by atoms with Crippen molar-refractivity contribution < 1.29 is 18.7 Å². The Balaban J connectivity index is 1.62. The first kappa shape index (κ1) is 24.0. The van der Waals surface area contributed by atoms with Gasteiger partial charge in [-0.3, -0.25) is 4.79 Å². The van der Waals surface area contributed by atoms with Gasteiger partial charge in [-0.1, -0.05) is 15.9 Å². The number of aromatic nitrogens is 1. The molecule has 0 aliphatic rings. The van der Waals surface area contributed by atoms with Crippen LogP contribution in [0.3, 0.4) is 0 Å². The number of ether oxygens (including phenoxy) is 2. The number of benzene rings is 3. The van der Waals surface area contributed by atoms with E-state index in [0.29, 0.717) is 23.1 Å². The van der Waals surface area contributed by atoms with Crippen molar-refractivity contribution in [1.82, 2.24) is 4.98 Å². The number of carbonyl (C=O) groups excluding carboxylic acids is 1. The van der Waals surface area contributed by atoms with Gasteiger partial charge in [0.25, 0.3) is 0 Å². The molecule has 1 aromatic heterocycles. The van der Waals surface area contributed by atoms with Crippen LogP contribution in [0.4, 0.5) is 5.69 Å². The summed E-state index contributed by atoms with van der Waals surface area (Å²) in [5.74, 6) is 1.30. The van der Waals surface area contributed by atoms with Gasteiger partial charge in [0.05, 0.1) is 24.4 Å². The molecule has 0 spiro atoms. The van der Waals surface area contributed by atoms with Crippen LogP contribution in [0.25, 0.3) is 28.6 Å². The van der Waals surface area contributed by atoms with Crippen LogP contribution in [-0.2, 0) is 4.79 Å². The molecule has 0 unspecified atom stereocenters. The van der Waals surface area contributed by atoms with Gasteiger partial charge in [-0.2, -0.15) is 0 Å². The summed E-state index contributed by atoms with van der Waals surface area (Å²) in [7, 11) is 3.13. The van der Waals surface area contributed by atoms with Gasteiger partial charge in [0.2, 0.25) is 11.8 Å². The number of nitrogens with zero attached hydrogens (tertiary/aromatic N) is 1. The van der Waals surface area contributed by atoms with Gasteiger partial charge < -0.3 is 19.2 Å². The quantitative estimate of drug-likeness (QED) is 0.240. The summed E-state index contributed by atoms with van der Waals surface area (Å²) in [6, 6.07) is 13.1. The number of nitrogens with one attached hydrogen (secondary N) is 1. The number of amides is 1. The molecule has 4 rings (SSSR count). The van der Waals surface area contributed by atoms with E-state index in [9.17, 15) is 4.79 Å². The zero-order chi connectivity index (χ0) is 24.4. The van der Waals surface area contributed by atoms with E-state index in [4.69, 9.17) is 13.9 Å². The number of oxazole rings is 1. The van der Waals surface area contributed by atoms with Crippen LogP contribution in [0.5, 0.6) is 11.5 Å². The number of halogens is 2. The van der Waals surface area contributed by atoms with Crippen molar-refractivity contribution in [2.45, 2.75) is 13.8 Å². The van der Waals surface area contributed by atoms with E-state index in [-0.39, 0.29) is 5.91 Å². The minimum absolute atomic E-state index is 0.322. The maximum atomic E-state index is 12.7. The smallest absolute Gasteiger partial charge is 0.248 e. The average Bonchev–Trinajstić information content (AvgIpc) is 3.20. The topological polar surface area (TPSA) is 73.6 Å². The van der Waals surface area contributed by atoms with Gasteiger partial charge in [0, 0.05) is 21.7 Å². The minimum atomic E-state index is -0.322. The minimum Gasteiger partial charge on any atom is -0.495 e. The van der Waals surface area contributed by atoms with Crippen molar-refractivity contribution in [3.63, 3.8) is 0 Å². The van der Waals surface area contributed by atoms with Crippen LogP contribution < -0.4 is 14.8 Å². The van der Waals surface area contributed by atoms with Crippen LogP contribution in [0.2, 0.25) is 0 Å². The molecule has 6 nitrogen and oxygen atoms in total. The lowest BCUT2D eigenvalue weighted by atomic mass is 10.1. The summed E-state index contributed by atoms with van der Waals surface area (Å²) < 4.78 is 18.5. The molecular formula is C26H22Br2N2O4. The lowest BCUT2D eigenvalue weighted by Crippen LogP contribution is -2.09. The lowest BCUT2D eigenvalue weighted by Gasteiger charge is -2.10. The fraction of sp³-hybridized carbons (Fsp3) is 0.154. The maximum Gasteiger partial charge on any atom is 0.248 e. The molecule has 34 heavy (non-hydrogen) atoms. The van der Waals surface area contributed by atoms with E-state index in [1.54, 1.807) is 32.4 Å². The van der Waals surface area contributed by atoms with Gasteiger partial charge >= 0.3 is 0 Å². The highest BCUT2D eigenvalue weighted by Crippen LogP contribution is 2.34. The van der Waals surface area contributed by atoms with Crippen LogP contribution in [-0.4, -0.2) is 25.1 Å². The van der Waals surface area contributed by atoms with Gasteiger partial charge in [0.1, 0.15) is 17.0 Å². The molecule has 0 aliphatic heterocycles. The first-order valence-corrected chi connectivity index (χ1v) is 12.0. The molecule has 0 saturated heterocycles. The van der Waals surface area contributed by atoms with Crippen molar-refractivity contribution in [2.75, 3.05) is 19.5 Å². The van der Waals surface area contributed by atoms with Crippen molar-refractivity contribution >= 4 is 60.6 Å². The van der Waals surface area contributed by atoms with Gasteiger partial charge in [0.15, 0.2) is 5.58 Å². The third kappa shape index (κ3) is 5.03. The summed E-state index contributed by atoms with van der Waals surface area (Å²) in [6.07, 6.45) is 3.12. The third-order valence-corrected chi connectivity index (χ3v) is 6.41. The number of methoxy groups -OCH3 is 2. The summed E-state index contributed by atoms with van der Waals surface area (Å²) in [6.45, 7) is 4.08. The summed E-state index contributed by atoms with van der Waals surface area (Å²) in [4.78, 5) is 17.3. The number of aryl methyl sites for hydroxylation is 2. The standard InChI is InChI=1S/C26H22Br2N2O4/c1-14-9-20-23(10-15(14)2)34-26(30-20)17-5-7-22(32-3)21(12-17)29-24(31)8-6-16-11-18(27)13-19(28)25(16)33-4/h5-13H,1-4H3,(H,29,31)/b8-6+. The average molecular weight is 586 g/mol. The lowest BCUT2D eigenvalue weighted by molar-refractivity contribution is -0.111. The Labute approximate surface area is 214 Å². The molecule has 1 heterocycles. The van der Waals surface area contributed by atoms with Gasteiger partial charge in [-0.05, 0) is 89.4 Å². The fourth-order valence-corrected chi connectivity index (χ4v) is 4.92. The van der Waals surface area contributed by atoms with Crippen molar-refractivity contribution in [2.24, 2.45) is 0 Å². The zero-order valence-electron chi connectivity index (χ0n) is 19.0. The number of anilines is 1. The molecule has 0 saturated carbocycles. The maximum absolute atomic E-state index is 12.7. The predicted molar refractivity (Wildman–Crippen MR) is 142 cm³/mol. The van der Waals surface area contributed by atoms with E-state index >= 15 is 0 Å². The van der Waals surface area contributed by atoms with Crippen molar-refractivity contribution in [3.8, 4) is 23.0 Å². The number of carbonyl (C=O) groups is 1. The Morgan fingerprint density at radius 3 is 2.53 bits per heavy atom. The highest BCUT2D eigenvalue weighted by molar-refractivity contribution is 9.11. The normalized spacial score (nSPS) is 11.2. The molecule has 1 N–H and O–H groups in total. The molecule has 0 bridgehead atoms. The van der Waals surface area contributed by atoms with Gasteiger partial charge in [-0.15, -0.1) is 0 Å². The molecule has 4 aromatic rings. The third-order valence-electron chi connectivity index (χ3n) is 5.36. The molecule has 0 aliphatic carbocycles. The SMILES string of the molecule is COc1ccc(-c2nc3cc(C)c(C)cc3o2)cc1NC(=O)/C=C/c1cc(Br)cc(Br)c1OC. The van der Waals surface area contributed by atoms with Gasteiger partial charge in [-0.25, -0.2) is 4.98 Å². The van der Waals surface area contributed by atoms with Crippen LogP contribution in [0, 0.1) is 13.8 Å². The fourth-order valence-electron chi connectivity index (χ4n) is 3.50. The highest BCUT2D eigenvalue weighted by atomic mass is 79.9. The second-order valence-corrected chi connectivity index (χ2v) is 9.44. The molecular weight excluding hydrogens is 564 g/mol. The second-order valence-electron chi connectivity index (χ2n) is 7.67. The summed E-state index contributed by atoms with van der Waals surface area (Å²) in [5, 5.41) is 2.88. The molecule has 3 aromatic carbocycles. The monoisotopic (exact) mass is 584 g/mol. The van der Waals surface area contributed by atoms with Crippen molar-refractivity contribution in [3.05, 3.63) is 74.2 Å². The van der Waals surface area contributed by atoms with Crippen LogP contribution in [0.1, 0.15) is 16.7 Å². The number of fused-ring (bicyclic) bond motifs is 1. The highest BCUT2D eigenvalue weighted by Gasteiger charge is 2.14. The Morgan fingerprint density at radius 1 is 1.03 bits per heavy atom. The molecule has 0 radical (unpaired) electrons. The first-order valence-electron chi connectivity index (χ1n) is 10.4. The Morgan fingerprint density at radius 2 is 1.79 bits per heavy atom.